The zero-order valence-electron chi connectivity index (χ0n) is 13.1. The third kappa shape index (κ3) is 2.72. The fraction of sp³-hybridized carbons (Fsp3) is 0.300. The quantitative estimate of drug-likeness (QED) is 0.813. The standard InChI is InChI=1S/C20H21NO2/c1-3-7-17(8-4-1)20(18-9-5-2-6-10-18)12-11-19(23-20)21-13-15-22-16-14-21/h1-12,19H,13-16H2. The predicted octanol–water partition coefficient (Wildman–Crippen LogP) is 3.17. The van der Waals surface area contributed by atoms with E-state index in [1.165, 1.54) is 11.1 Å². The van der Waals surface area contributed by atoms with Gasteiger partial charge >= 0.3 is 0 Å². The first-order valence-electron chi connectivity index (χ1n) is 8.18. The topological polar surface area (TPSA) is 21.7 Å². The summed E-state index contributed by atoms with van der Waals surface area (Å²) in [5.74, 6) is 0. The van der Waals surface area contributed by atoms with E-state index in [0.717, 1.165) is 26.3 Å². The molecule has 0 amide bonds. The summed E-state index contributed by atoms with van der Waals surface area (Å²) in [5.41, 5.74) is 1.82. The molecular weight excluding hydrogens is 286 g/mol. The van der Waals surface area contributed by atoms with Crippen LogP contribution in [0, 0.1) is 0 Å². The Labute approximate surface area is 137 Å². The van der Waals surface area contributed by atoms with Gasteiger partial charge in [0.2, 0.25) is 0 Å². The number of ether oxygens (including phenoxy) is 2. The normalized spacial score (nSPS) is 23.9. The molecule has 1 saturated heterocycles. The van der Waals surface area contributed by atoms with Gasteiger partial charge < -0.3 is 9.47 Å². The molecule has 0 N–H and O–H groups in total. The van der Waals surface area contributed by atoms with E-state index in [1.54, 1.807) is 0 Å². The lowest BCUT2D eigenvalue weighted by molar-refractivity contribution is -0.105. The molecule has 2 aromatic rings. The van der Waals surface area contributed by atoms with Crippen LogP contribution < -0.4 is 0 Å². The zero-order valence-corrected chi connectivity index (χ0v) is 13.1. The summed E-state index contributed by atoms with van der Waals surface area (Å²) in [4.78, 5) is 2.34. The van der Waals surface area contributed by atoms with Crippen LogP contribution in [-0.2, 0) is 15.1 Å². The van der Waals surface area contributed by atoms with Crippen LogP contribution in [0.3, 0.4) is 0 Å². The maximum Gasteiger partial charge on any atom is 0.139 e. The minimum absolute atomic E-state index is 0.000637. The van der Waals surface area contributed by atoms with Gasteiger partial charge in [-0.2, -0.15) is 0 Å². The maximum absolute atomic E-state index is 6.62. The highest BCUT2D eigenvalue weighted by Crippen LogP contribution is 2.41. The summed E-state index contributed by atoms with van der Waals surface area (Å²) >= 11 is 0. The van der Waals surface area contributed by atoms with Gasteiger partial charge in [-0.25, -0.2) is 0 Å². The summed E-state index contributed by atoms with van der Waals surface area (Å²) in [6.45, 7) is 3.37. The van der Waals surface area contributed by atoms with Crippen molar-refractivity contribution >= 4 is 0 Å². The highest BCUT2D eigenvalue weighted by Gasteiger charge is 2.41. The molecule has 0 spiro atoms. The highest BCUT2D eigenvalue weighted by molar-refractivity contribution is 5.43. The van der Waals surface area contributed by atoms with Gasteiger partial charge in [0.05, 0.1) is 13.2 Å². The molecular formula is C20H21NO2. The van der Waals surface area contributed by atoms with Crippen molar-refractivity contribution in [1.29, 1.82) is 0 Å². The van der Waals surface area contributed by atoms with Crippen LogP contribution in [0.1, 0.15) is 11.1 Å². The molecule has 2 aliphatic rings. The number of nitrogens with zero attached hydrogens (tertiary/aromatic N) is 1. The van der Waals surface area contributed by atoms with Crippen LogP contribution in [0.5, 0.6) is 0 Å². The second-order valence-corrected chi connectivity index (χ2v) is 5.98. The fourth-order valence-electron chi connectivity index (χ4n) is 3.38. The minimum Gasteiger partial charge on any atom is -0.379 e. The molecule has 0 saturated carbocycles. The molecule has 3 nitrogen and oxygen atoms in total. The number of morpholine rings is 1. The van der Waals surface area contributed by atoms with Crippen LogP contribution in [0.15, 0.2) is 72.8 Å². The van der Waals surface area contributed by atoms with Gasteiger partial charge in [0.25, 0.3) is 0 Å². The Morgan fingerprint density at radius 2 is 1.39 bits per heavy atom. The predicted molar refractivity (Wildman–Crippen MR) is 90.1 cm³/mol. The number of benzene rings is 2. The van der Waals surface area contributed by atoms with E-state index < -0.39 is 5.60 Å². The molecule has 118 valence electrons. The van der Waals surface area contributed by atoms with E-state index in [1.807, 2.05) is 12.1 Å². The molecule has 2 aliphatic heterocycles. The SMILES string of the molecule is C1=CC(c2ccccc2)(c2ccccc2)OC1N1CCOCC1. The summed E-state index contributed by atoms with van der Waals surface area (Å²) in [7, 11) is 0. The molecule has 1 fully saturated rings. The number of rotatable bonds is 3. The second-order valence-electron chi connectivity index (χ2n) is 5.98. The first-order valence-corrected chi connectivity index (χ1v) is 8.18. The van der Waals surface area contributed by atoms with Crippen molar-refractivity contribution in [2.24, 2.45) is 0 Å². The van der Waals surface area contributed by atoms with Gasteiger partial charge in [-0.1, -0.05) is 60.7 Å². The van der Waals surface area contributed by atoms with Crippen LogP contribution in [-0.4, -0.2) is 37.4 Å². The molecule has 2 heterocycles. The average molecular weight is 307 g/mol. The molecule has 4 rings (SSSR count). The largest absolute Gasteiger partial charge is 0.379 e. The molecule has 23 heavy (non-hydrogen) atoms. The molecule has 0 aliphatic carbocycles. The fourth-order valence-corrected chi connectivity index (χ4v) is 3.38. The van der Waals surface area contributed by atoms with Crippen molar-refractivity contribution in [2.45, 2.75) is 11.8 Å². The minimum atomic E-state index is -0.508. The summed E-state index contributed by atoms with van der Waals surface area (Å²) in [5, 5.41) is 0. The van der Waals surface area contributed by atoms with Crippen LogP contribution in [0.25, 0.3) is 0 Å². The Morgan fingerprint density at radius 3 is 1.96 bits per heavy atom. The van der Waals surface area contributed by atoms with E-state index >= 15 is 0 Å². The first-order chi connectivity index (χ1) is 11.4. The van der Waals surface area contributed by atoms with Gasteiger partial charge in [-0.3, -0.25) is 4.90 Å². The van der Waals surface area contributed by atoms with Crippen molar-refractivity contribution in [1.82, 2.24) is 4.90 Å². The Kier molecular flexibility index (Phi) is 4.00. The lowest BCUT2D eigenvalue weighted by Crippen LogP contribution is -2.44. The molecule has 1 unspecified atom stereocenters. The first kappa shape index (κ1) is 14.6. The van der Waals surface area contributed by atoms with E-state index in [9.17, 15) is 0 Å². The third-order valence-corrected chi connectivity index (χ3v) is 4.61. The second kappa shape index (κ2) is 6.28. The lowest BCUT2D eigenvalue weighted by atomic mass is 9.86. The Morgan fingerprint density at radius 1 is 0.826 bits per heavy atom. The van der Waals surface area contributed by atoms with E-state index in [4.69, 9.17) is 9.47 Å². The number of hydrogen-bond donors (Lipinski definition) is 0. The molecule has 0 aromatic heterocycles. The van der Waals surface area contributed by atoms with Crippen molar-refractivity contribution in [3.05, 3.63) is 83.9 Å². The van der Waals surface area contributed by atoms with Crippen molar-refractivity contribution < 1.29 is 9.47 Å². The molecule has 1 atom stereocenters. The van der Waals surface area contributed by atoms with Crippen molar-refractivity contribution in [3.8, 4) is 0 Å². The Hall–Kier alpha value is -1.94. The van der Waals surface area contributed by atoms with E-state index in [-0.39, 0.29) is 6.23 Å². The average Bonchev–Trinajstić information content (AvgIpc) is 3.11. The van der Waals surface area contributed by atoms with E-state index in [2.05, 4.69) is 65.6 Å². The number of hydrogen-bond acceptors (Lipinski definition) is 3. The molecule has 3 heteroatoms. The van der Waals surface area contributed by atoms with E-state index in [0.29, 0.717) is 0 Å². The Balaban J connectivity index is 1.70. The lowest BCUT2D eigenvalue weighted by Gasteiger charge is -2.36. The van der Waals surface area contributed by atoms with Gasteiger partial charge in [-0.05, 0) is 23.3 Å². The van der Waals surface area contributed by atoms with Crippen molar-refractivity contribution in [2.75, 3.05) is 26.3 Å². The third-order valence-electron chi connectivity index (χ3n) is 4.61. The molecule has 0 radical (unpaired) electrons. The Bertz CT molecular complexity index is 623. The summed E-state index contributed by atoms with van der Waals surface area (Å²) in [6.07, 6.45) is 4.39. The monoisotopic (exact) mass is 307 g/mol. The summed E-state index contributed by atoms with van der Waals surface area (Å²) in [6, 6.07) is 20.9. The van der Waals surface area contributed by atoms with Crippen LogP contribution in [0.2, 0.25) is 0 Å². The van der Waals surface area contributed by atoms with Gasteiger partial charge in [0.1, 0.15) is 11.8 Å². The molecule has 0 bridgehead atoms. The highest BCUT2D eigenvalue weighted by atomic mass is 16.5. The maximum atomic E-state index is 6.62. The van der Waals surface area contributed by atoms with Gasteiger partial charge in [0, 0.05) is 13.1 Å². The van der Waals surface area contributed by atoms with Crippen molar-refractivity contribution in [3.63, 3.8) is 0 Å². The van der Waals surface area contributed by atoms with Crippen LogP contribution in [0.4, 0.5) is 0 Å². The van der Waals surface area contributed by atoms with Crippen LogP contribution >= 0.6 is 0 Å². The van der Waals surface area contributed by atoms with Gasteiger partial charge in [-0.15, -0.1) is 0 Å². The zero-order chi connectivity index (χ0) is 15.5. The smallest absolute Gasteiger partial charge is 0.139 e. The van der Waals surface area contributed by atoms with Gasteiger partial charge in [0.15, 0.2) is 0 Å². The molecule has 2 aromatic carbocycles. The summed E-state index contributed by atoms with van der Waals surface area (Å²) < 4.78 is 12.1.